The fourth-order valence-corrected chi connectivity index (χ4v) is 4.34. The van der Waals surface area contributed by atoms with Gasteiger partial charge in [0.15, 0.2) is 11.5 Å². The Morgan fingerprint density at radius 3 is 2.68 bits per heavy atom. The van der Waals surface area contributed by atoms with E-state index in [2.05, 4.69) is 10.2 Å². The molecule has 0 saturated carbocycles. The number of carbonyl (C=O) groups is 1. The molecule has 0 spiro atoms. The number of hydrogen-bond acceptors (Lipinski definition) is 6. The number of aromatic hydroxyl groups is 1. The number of aromatic nitrogens is 2. The van der Waals surface area contributed by atoms with Crippen LogP contribution < -0.4 is 9.47 Å². The van der Waals surface area contributed by atoms with Crippen LogP contribution in [0.3, 0.4) is 0 Å². The predicted molar refractivity (Wildman–Crippen MR) is 128 cm³/mol. The molecular weight excluding hydrogens is 434 g/mol. The van der Waals surface area contributed by atoms with Gasteiger partial charge in [0.25, 0.3) is 5.91 Å². The van der Waals surface area contributed by atoms with Gasteiger partial charge in [-0.3, -0.25) is 9.89 Å². The molecular formula is C26H31N3O5. The lowest BCUT2D eigenvalue weighted by Crippen LogP contribution is -2.31. The fourth-order valence-electron chi connectivity index (χ4n) is 4.34. The molecule has 34 heavy (non-hydrogen) atoms. The highest BCUT2D eigenvalue weighted by Crippen LogP contribution is 2.45. The Balaban J connectivity index is 1.78. The van der Waals surface area contributed by atoms with Gasteiger partial charge in [-0.2, -0.15) is 5.10 Å². The second kappa shape index (κ2) is 10.2. The van der Waals surface area contributed by atoms with E-state index in [-0.39, 0.29) is 17.8 Å². The van der Waals surface area contributed by atoms with E-state index >= 15 is 0 Å². The van der Waals surface area contributed by atoms with Gasteiger partial charge in [-0.05, 0) is 57.0 Å². The zero-order valence-electron chi connectivity index (χ0n) is 20.0. The minimum atomic E-state index is -0.403. The predicted octanol–water partition coefficient (Wildman–Crippen LogP) is 4.55. The summed E-state index contributed by atoms with van der Waals surface area (Å²) in [6.07, 6.45) is 0.822. The Labute approximate surface area is 199 Å². The van der Waals surface area contributed by atoms with Crippen LogP contribution in [0.5, 0.6) is 17.2 Å². The van der Waals surface area contributed by atoms with E-state index in [0.717, 1.165) is 11.1 Å². The second-order valence-electron chi connectivity index (χ2n) is 8.40. The zero-order chi connectivity index (χ0) is 24.2. The normalized spacial score (nSPS) is 15.1. The van der Waals surface area contributed by atoms with Crippen LogP contribution in [0.15, 0.2) is 42.5 Å². The van der Waals surface area contributed by atoms with E-state index in [1.54, 1.807) is 25.3 Å². The number of H-pyrrole nitrogens is 1. The Kier molecular flexibility index (Phi) is 7.07. The molecule has 2 aromatic carbocycles. The van der Waals surface area contributed by atoms with Crippen LogP contribution in [0, 0.1) is 0 Å². The molecule has 1 aliphatic rings. The Bertz CT molecular complexity index is 1160. The number of benzene rings is 2. The molecule has 2 heterocycles. The van der Waals surface area contributed by atoms with Crippen molar-refractivity contribution in [3.05, 3.63) is 59.3 Å². The molecule has 3 aromatic rings. The lowest BCUT2D eigenvalue weighted by molar-refractivity contribution is 0.0601. The number of phenolic OH excluding ortho intramolecular Hbond substituents is 1. The summed E-state index contributed by atoms with van der Waals surface area (Å²) in [4.78, 5) is 15.3. The molecule has 1 atom stereocenters. The van der Waals surface area contributed by atoms with Crippen LogP contribution >= 0.6 is 0 Å². The summed E-state index contributed by atoms with van der Waals surface area (Å²) in [5, 5.41) is 17.8. The molecule has 180 valence electrons. The van der Waals surface area contributed by atoms with Gasteiger partial charge < -0.3 is 24.2 Å². The number of fused-ring (bicyclic) bond motifs is 1. The molecule has 0 fully saturated rings. The van der Waals surface area contributed by atoms with Gasteiger partial charge in [-0.1, -0.05) is 18.2 Å². The van der Waals surface area contributed by atoms with E-state index in [4.69, 9.17) is 14.2 Å². The first-order chi connectivity index (χ1) is 16.5. The molecule has 8 heteroatoms. The number of para-hydroxylation sites is 1. The molecule has 0 bridgehead atoms. The van der Waals surface area contributed by atoms with Gasteiger partial charge in [0.05, 0.1) is 25.9 Å². The number of phenols is 1. The maximum absolute atomic E-state index is 13.5. The fraction of sp³-hybridized carbons (Fsp3) is 0.385. The average Bonchev–Trinajstić information content (AvgIpc) is 3.36. The van der Waals surface area contributed by atoms with Crippen molar-refractivity contribution in [2.24, 2.45) is 0 Å². The third-order valence-corrected chi connectivity index (χ3v) is 5.82. The van der Waals surface area contributed by atoms with E-state index in [1.165, 1.54) is 0 Å². The summed E-state index contributed by atoms with van der Waals surface area (Å²) in [5.41, 5.74) is 3.17. The number of hydrogen-bond donors (Lipinski definition) is 2. The lowest BCUT2D eigenvalue weighted by atomic mass is 9.95. The van der Waals surface area contributed by atoms with Crippen molar-refractivity contribution < 1.29 is 24.1 Å². The first-order valence-electron chi connectivity index (χ1n) is 11.6. The summed E-state index contributed by atoms with van der Waals surface area (Å²) in [6, 6.07) is 12.3. The minimum Gasteiger partial charge on any atom is -0.507 e. The number of amides is 1. The number of methoxy groups -OCH3 is 1. The number of carbonyl (C=O) groups excluding carboxylic acids is 1. The summed E-state index contributed by atoms with van der Waals surface area (Å²) >= 11 is 0. The topological polar surface area (TPSA) is 96.9 Å². The molecule has 1 aliphatic heterocycles. The van der Waals surface area contributed by atoms with E-state index < -0.39 is 6.04 Å². The number of ether oxygens (including phenoxy) is 3. The highest BCUT2D eigenvalue weighted by atomic mass is 16.5. The number of nitrogens with zero attached hydrogens (tertiary/aromatic N) is 2. The molecule has 1 unspecified atom stereocenters. The van der Waals surface area contributed by atoms with Gasteiger partial charge in [0, 0.05) is 24.3 Å². The first kappa shape index (κ1) is 23.6. The molecule has 2 N–H and O–H groups in total. The molecule has 8 nitrogen and oxygen atoms in total. The number of aromatic amines is 1. The third kappa shape index (κ3) is 4.46. The molecule has 0 saturated heterocycles. The smallest absolute Gasteiger partial charge is 0.273 e. The third-order valence-electron chi connectivity index (χ3n) is 5.82. The van der Waals surface area contributed by atoms with Crippen LogP contribution in [0.4, 0.5) is 0 Å². The van der Waals surface area contributed by atoms with Crippen LogP contribution in [-0.4, -0.2) is 59.1 Å². The Morgan fingerprint density at radius 2 is 1.97 bits per heavy atom. The van der Waals surface area contributed by atoms with Crippen molar-refractivity contribution in [1.82, 2.24) is 15.1 Å². The summed E-state index contributed by atoms with van der Waals surface area (Å²) in [5.74, 6) is 1.21. The summed E-state index contributed by atoms with van der Waals surface area (Å²) < 4.78 is 17.0. The number of rotatable bonds is 10. The SMILES string of the molecule is CCOc1ccc(C2c3c(-c4ccccc4O)n[nH]c3C(=O)N2CCCOC(C)C)cc1OC. The van der Waals surface area contributed by atoms with Gasteiger partial charge in [-0.25, -0.2) is 0 Å². The van der Waals surface area contributed by atoms with Crippen LogP contribution in [-0.2, 0) is 4.74 Å². The molecule has 4 rings (SSSR count). The van der Waals surface area contributed by atoms with Crippen molar-refractivity contribution in [2.75, 3.05) is 26.9 Å². The standard InChI is InChI=1S/C26H31N3O5/c1-5-33-20-12-11-17(15-21(20)32-4)25-22-23(18-9-6-7-10-19(18)30)27-28-24(22)26(31)29(25)13-8-14-34-16(2)3/h6-7,9-12,15-16,25,30H,5,8,13-14H2,1-4H3,(H,27,28). The van der Waals surface area contributed by atoms with Crippen molar-refractivity contribution in [3.63, 3.8) is 0 Å². The highest BCUT2D eigenvalue weighted by molar-refractivity contribution is 6.00. The van der Waals surface area contributed by atoms with Gasteiger partial charge in [0.2, 0.25) is 0 Å². The van der Waals surface area contributed by atoms with Crippen LogP contribution in [0.25, 0.3) is 11.3 Å². The second-order valence-corrected chi connectivity index (χ2v) is 8.40. The quantitative estimate of drug-likeness (QED) is 0.427. The molecule has 0 radical (unpaired) electrons. The van der Waals surface area contributed by atoms with Gasteiger partial charge >= 0.3 is 0 Å². The van der Waals surface area contributed by atoms with E-state index in [0.29, 0.717) is 54.6 Å². The lowest BCUT2D eigenvalue weighted by Gasteiger charge is -2.27. The summed E-state index contributed by atoms with van der Waals surface area (Å²) in [6.45, 7) is 7.48. The van der Waals surface area contributed by atoms with Crippen molar-refractivity contribution in [2.45, 2.75) is 39.3 Å². The van der Waals surface area contributed by atoms with Crippen molar-refractivity contribution in [3.8, 4) is 28.5 Å². The Hall–Kier alpha value is -3.52. The monoisotopic (exact) mass is 465 g/mol. The maximum atomic E-state index is 13.5. The van der Waals surface area contributed by atoms with Gasteiger partial charge in [-0.15, -0.1) is 0 Å². The Morgan fingerprint density at radius 1 is 1.18 bits per heavy atom. The van der Waals surface area contributed by atoms with Crippen LogP contribution in [0.2, 0.25) is 0 Å². The van der Waals surface area contributed by atoms with Crippen molar-refractivity contribution >= 4 is 5.91 Å². The van der Waals surface area contributed by atoms with E-state index in [1.807, 2.05) is 49.9 Å². The summed E-state index contributed by atoms with van der Waals surface area (Å²) in [7, 11) is 1.60. The first-order valence-corrected chi connectivity index (χ1v) is 11.6. The zero-order valence-corrected chi connectivity index (χ0v) is 20.0. The largest absolute Gasteiger partial charge is 0.507 e. The minimum absolute atomic E-state index is 0.107. The average molecular weight is 466 g/mol. The maximum Gasteiger partial charge on any atom is 0.273 e. The highest BCUT2D eigenvalue weighted by Gasteiger charge is 2.42. The molecule has 1 aromatic heterocycles. The molecule has 0 aliphatic carbocycles. The number of nitrogens with one attached hydrogen (secondary N) is 1. The van der Waals surface area contributed by atoms with Gasteiger partial charge in [0.1, 0.15) is 17.1 Å². The molecule has 1 amide bonds. The van der Waals surface area contributed by atoms with E-state index in [9.17, 15) is 9.90 Å². The van der Waals surface area contributed by atoms with Crippen molar-refractivity contribution in [1.29, 1.82) is 0 Å². The van der Waals surface area contributed by atoms with Crippen LogP contribution in [0.1, 0.15) is 54.8 Å².